The van der Waals surface area contributed by atoms with E-state index in [9.17, 15) is 5.11 Å². The Balaban J connectivity index is 1.77. The second-order valence-corrected chi connectivity index (χ2v) is 6.56. The fraction of sp³-hybridized carbons (Fsp3) is 0.412. The summed E-state index contributed by atoms with van der Waals surface area (Å²) in [5.41, 5.74) is 3.76. The molecule has 0 bridgehead atoms. The van der Waals surface area contributed by atoms with Crippen LogP contribution in [0.25, 0.3) is 0 Å². The van der Waals surface area contributed by atoms with E-state index in [-0.39, 0.29) is 12.1 Å². The number of hydrogen-bond acceptors (Lipinski definition) is 3. The number of aliphatic hydroxyl groups is 1. The predicted molar refractivity (Wildman–Crippen MR) is 84.1 cm³/mol. The number of aryl methyl sites for hydroxylation is 1. The third-order valence-electron chi connectivity index (χ3n) is 4.27. The SMILES string of the molecule is CC(Cc1ccsc1)NC1(CO)CCc2ccccc21. The van der Waals surface area contributed by atoms with E-state index >= 15 is 0 Å². The fourth-order valence-corrected chi connectivity index (χ4v) is 4.01. The van der Waals surface area contributed by atoms with Crippen LogP contribution < -0.4 is 5.32 Å². The largest absolute Gasteiger partial charge is 0.394 e. The molecule has 1 aliphatic carbocycles. The minimum atomic E-state index is -0.258. The van der Waals surface area contributed by atoms with E-state index < -0.39 is 0 Å². The van der Waals surface area contributed by atoms with E-state index in [4.69, 9.17) is 0 Å². The van der Waals surface area contributed by atoms with Gasteiger partial charge in [-0.3, -0.25) is 0 Å². The molecule has 0 amide bonds. The van der Waals surface area contributed by atoms with Crippen LogP contribution in [0, 0.1) is 0 Å². The second kappa shape index (κ2) is 5.68. The van der Waals surface area contributed by atoms with Crippen molar-refractivity contribution >= 4 is 11.3 Å². The molecule has 1 aromatic carbocycles. The van der Waals surface area contributed by atoms with Crippen LogP contribution in [0.1, 0.15) is 30.0 Å². The molecular weight excluding hydrogens is 266 g/mol. The van der Waals surface area contributed by atoms with Gasteiger partial charge in [0.2, 0.25) is 0 Å². The van der Waals surface area contributed by atoms with Crippen molar-refractivity contribution in [2.45, 2.75) is 37.8 Å². The first-order chi connectivity index (χ1) is 9.73. The van der Waals surface area contributed by atoms with Crippen molar-refractivity contribution in [1.82, 2.24) is 5.32 Å². The lowest BCUT2D eigenvalue weighted by Crippen LogP contribution is -2.48. The summed E-state index contributed by atoms with van der Waals surface area (Å²) < 4.78 is 0. The summed E-state index contributed by atoms with van der Waals surface area (Å²) in [5, 5.41) is 18.0. The first kappa shape index (κ1) is 13.8. The number of hydrogen-bond donors (Lipinski definition) is 2. The Labute approximate surface area is 124 Å². The van der Waals surface area contributed by atoms with Gasteiger partial charge in [0, 0.05) is 6.04 Å². The number of rotatable bonds is 5. The fourth-order valence-electron chi connectivity index (χ4n) is 3.33. The molecule has 1 heterocycles. The van der Waals surface area contributed by atoms with Crippen LogP contribution in [0.15, 0.2) is 41.1 Å². The molecule has 0 radical (unpaired) electrons. The van der Waals surface area contributed by atoms with E-state index in [1.807, 2.05) is 0 Å². The topological polar surface area (TPSA) is 32.3 Å². The molecule has 3 heteroatoms. The number of fused-ring (bicyclic) bond motifs is 1. The van der Waals surface area contributed by atoms with E-state index in [0.29, 0.717) is 6.04 Å². The molecular formula is C17H21NOS. The zero-order valence-electron chi connectivity index (χ0n) is 11.8. The van der Waals surface area contributed by atoms with Gasteiger partial charge in [-0.25, -0.2) is 0 Å². The van der Waals surface area contributed by atoms with Gasteiger partial charge in [0.1, 0.15) is 0 Å². The molecule has 1 aliphatic rings. The molecule has 2 nitrogen and oxygen atoms in total. The maximum atomic E-state index is 9.98. The standard InChI is InChI=1S/C17H21NOS/c1-13(10-14-7-9-20-11-14)18-17(12-19)8-6-15-4-2-3-5-16(15)17/h2-5,7,9,11,13,18-19H,6,8,10,12H2,1H3. The van der Waals surface area contributed by atoms with Gasteiger partial charge in [-0.15, -0.1) is 0 Å². The van der Waals surface area contributed by atoms with Gasteiger partial charge in [-0.2, -0.15) is 11.3 Å². The van der Waals surface area contributed by atoms with E-state index in [0.717, 1.165) is 19.3 Å². The molecule has 2 aromatic rings. The van der Waals surface area contributed by atoms with Crippen molar-refractivity contribution in [1.29, 1.82) is 0 Å². The average Bonchev–Trinajstić information content (AvgIpc) is 3.08. The van der Waals surface area contributed by atoms with Crippen LogP contribution >= 0.6 is 11.3 Å². The monoisotopic (exact) mass is 287 g/mol. The molecule has 2 N–H and O–H groups in total. The summed E-state index contributed by atoms with van der Waals surface area (Å²) in [5.74, 6) is 0. The zero-order valence-corrected chi connectivity index (χ0v) is 12.6. The molecule has 0 saturated heterocycles. The predicted octanol–water partition coefficient (Wildman–Crippen LogP) is 3.10. The minimum absolute atomic E-state index is 0.165. The van der Waals surface area contributed by atoms with Crippen molar-refractivity contribution < 1.29 is 5.11 Å². The van der Waals surface area contributed by atoms with Crippen LogP contribution in [0.2, 0.25) is 0 Å². The Morgan fingerprint density at radius 1 is 1.35 bits per heavy atom. The van der Waals surface area contributed by atoms with E-state index in [1.54, 1.807) is 11.3 Å². The molecule has 2 unspecified atom stereocenters. The third-order valence-corrected chi connectivity index (χ3v) is 5.00. The number of benzene rings is 1. The average molecular weight is 287 g/mol. The van der Waals surface area contributed by atoms with Crippen LogP contribution in [-0.2, 0) is 18.4 Å². The maximum Gasteiger partial charge on any atom is 0.0677 e. The highest BCUT2D eigenvalue weighted by Crippen LogP contribution is 2.37. The number of thiophene rings is 1. The third kappa shape index (κ3) is 2.53. The lowest BCUT2D eigenvalue weighted by Gasteiger charge is -2.33. The van der Waals surface area contributed by atoms with Crippen molar-refractivity contribution in [2.24, 2.45) is 0 Å². The summed E-state index contributed by atoms with van der Waals surface area (Å²) in [7, 11) is 0. The molecule has 20 heavy (non-hydrogen) atoms. The minimum Gasteiger partial charge on any atom is -0.394 e. The van der Waals surface area contributed by atoms with Crippen molar-refractivity contribution in [3.63, 3.8) is 0 Å². The Morgan fingerprint density at radius 3 is 2.95 bits per heavy atom. The lowest BCUT2D eigenvalue weighted by atomic mass is 9.91. The molecule has 0 spiro atoms. The Bertz CT molecular complexity index is 566. The summed E-state index contributed by atoms with van der Waals surface area (Å²) in [6, 6.07) is 11.0. The van der Waals surface area contributed by atoms with Crippen molar-refractivity contribution in [3.05, 3.63) is 57.8 Å². The Hall–Kier alpha value is -1.16. The van der Waals surface area contributed by atoms with Gasteiger partial charge in [0.15, 0.2) is 0 Å². The van der Waals surface area contributed by atoms with E-state index in [2.05, 4.69) is 53.3 Å². The first-order valence-corrected chi connectivity index (χ1v) is 8.16. The number of aliphatic hydroxyl groups excluding tert-OH is 1. The molecule has 3 rings (SSSR count). The van der Waals surface area contributed by atoms with Gasteiger partial charge >= 0.3 is 0 Å². The summed E-state index contributed by atoms with van der Waals surface area (Å²) >= 11 is 1.74. The highest BCUT2D eigenvalue weighted by Gasteiger charge is 2.38. The smallest absolute Gasteiger partial charge is 0.0677 e. The quantitative estimate of drug-likeness (QED) is 0.885. The maximum absolute atomic E-state index is 9.98. The summed E-state index contributed by atoms with van der Waals surface area (Å²) in [6.45, 7) is 2.37. The second-order valence-electron chi connectivity index (χ2n) is 5.78. The normalized spacial score (nSPS) is 22.7. The van der Waals surface area contributed by atoms with Crippen molar-refractivity contribution in [2.75, 3.05) is 6.61 Å². The van der Waals surface area contributed by atoms with Gasteiger partial charge in [0.05, 0.1) is 12.1 Å². The molecule has 0 saturated carbocycles. The van der Waals surface area contributed by atoms with Crippen LogP contribution in [0.5, 0.6) is 0 Å². The molecule has 2 atom stereocenters. The molecule has 0 aliphatic heterocycles. The highest BCUT2D eigenvalue weighted by molar-refractivity contribution is 7.07. The summed E-state index contributed by atoms with van der Waals surface area (Å²) in [6.07, 6.45) is 3.04. The Kier molecular flexibility index (Phi) is 3.92. The van der Waals surface area contributed by atoms with Crippen molar-refractivity contribution in [3.8, 4) is 0 Å². The first-order valence-electron chi connectivity index (χ1n) is 7.21. The van der Waals surface area contributed by atoms with Gasteiger partial charge in [-0.1, -0.05) is 24.3 Å². The van der Waals surface area contributed by atoms with Gasteiger partial charge in [0.25, 0.3) is 0 Å². The molecule has 106 valence electrons. The highest BCUT2D eigenvalue weighted by atomic mass is 32.1. The van der Waals surface area contributed by atoms with Gasteiger partial charge < -0.3 is 10.4 Å². The lowest BCUT2D eigenvalue weighted by molar-refractivity contribution is 0.148. The summed E-state index contributed by atoms with van der Waals surface area (Å²) in [4.78, 5) is 0. The zero-order chi connectivity index (χ0) is 14.0. The van der Waals surface area contributed by atoms with Gasteiger partial charge in [-0.05, 0) is 59.7 Å². The molecule has 0 fully saturated rings. The van der Waals surface area contributed by atoms with Crippen LogP contribution in [0.4, 0.5) is 0 Å². The molecule has 1 aromatic heterocycles. The van der Waals surface area contributed by atoms with Crippen LogP contribution in [-0.4, -0.2) is 17.8 Å². The Morgan fingerprint density at radius 2 is 2.20 bits per heavy atom. The number of nitrogens with one attached hydrogen (secondary N) is 1. The van der Waals surface area contributed by atoms with E-state index in [1.165, 1.54) is 16.7 Å². The van der Waals surface area contributed by atoms with Crippen LogP contribution in [0.3, 0.4) is 0 Å².